The van der Waals surface area contributed by atoms with Gasteiger partial charge in [-0.2, -0.15) is 11.8 Å². The van der Waals surface area contributed by atoms with Gasteiger partial charge in [-0.05, 0) is 20.1 Å². The fraction of sp³-hybridized carbons (Fsp3) is 1.00. The minimum Gasteiger partial charge on any atom is -0.389 e. The fourth-order valence-corrected chi connectivity index (χ4v) is 1.15. The highest BCUT2D eigenvalue weighted by Gasteiger charge is 2.04. The Morgan fingerprint density at radius 1 is 1.46 bits per heavy atom. The summed E-state index contributed by atoms with van der Waals surface area (Å²) >= 11 is 1.80. The molecule has 1 unspecified atom stereocenters. The standard InChI is InChI=1S/C9H21NO2S/c1-8(2)12-7-9(11)6-10-4-5-13-3/h8-11H,4-7H2,1-3H3. The lowest BCUT2D eigenvalue weighted by Gasteiger charge is -2.13. The van der Waals surface area contributed by atoms with Gasteiger partial charge in [0.1, 0.15) is 0 Å². The molecule has 0 aliphatic rings. The number of thioether (sulfide) groups is 1. The lowest BCUT2D eigenvalue weighted by molar-refractivity contribution is 0.00664. The lowest BCUT2D eigenvalue weighted by atomic mass is 10.3. The average Bonchev–Trinajstić information content (AvgIpc) is 2.09. The van der Waals surface area contributed by atoms with Crippen molar-refractivity contribution < 1.29 is 9.84 Å². The van der Waals surface area contributed by atoms with Crippen LogP contribution in [0, 0.1) is 0 Å². The molecule has 13 heavy (non-hydrogen) atoms. The molecule has 0 spiro atoms. The zero-order valence-electron chi connectivity index (χ0n) is 8.75. The number of aliphatic hydroxyl groups is 1. The van der Waals surface area contributed by atoms with E-state index in [4.69, 9.17) is 4.74 Å². The summed E-state index contributed by atoms with van der Waals surface area (Å²) in [5.41, 5.74) is 0. The van der Waals surface area contributed by atoms with Gasteiger partial charge in [0.25, 0.3) is 0 Å². The summed E-state index contributed by atoms with van der Waals surface area (Å²) in [5, 5.41) is 12.6. The lowest BCUT2D eigenvalue weighted by Crippen LogP contribution is -2.32. The van der Waals surface area contributed by atoms with Crippen molar-refractivity contribution >= 4 is 11.8 Å². The molecule has 0 aliphatic carbocycles. The number of aliphatic hydroxyl groups excluding tert-OH is 1. The van der Waals surface area contributed by atoms with Crippen LogP contribution >= 0.6 is 11.8 Å². The number of rotatable bonds is 8. The normalized spacial score (nSPS) is 13.6. The summed E-state index contributed by atoms with van der Waals surface area (Å²) in [7, 11) is 0. The molecule has 2 N–H and O–H groups in total. The van der Waals surface area contributed by atoms with Gasteiger partial charge in [-0.25, -0.2) is 0 Å². The van der Waals surface area contributed by atoms with Gasteiger partial charge < -0.3 is 15.2 Å². The van der Waals surface area contributed by atoms with Gasteiger partial charge in [-0.3, -0.25) is 0 Å². The molecule has 0 bridgehead atoms. The quantitative estimate of drug-likeness (QED) is 0.576. The number of ether oxygens (including phenoxy) is 1. The van der Waals surface area contributed by atoms with Crippen molar-refractivity contribution in [2.75, 3.05) is 31.7 Å². The molecule has 0 heterocycles. The highest BCUT2D eigenvalue weighted by atomic mass is 32.2. The number of hydrogen-bond acceptors (Lipinski definition) is 4. The van der Waals surface area contributed by atoms with Crippen LogP contribution in [0.25, 0.3) is 0 Å². The zero-order chi connectivity index (χ0) is 10.1. The molecule has 0 radical (unpaired) electrons. The molecule has 0 aliphatic heterocycles. The Labute approximate surface area is 85.2 Å². The summed E-state index contributed by atoms with van der Waals surface area (Å²) in [5.74, 6) is 1.08. The van der Waals surface area contributed by atoms with E-state index in [0.29, 0.717) is 13.2 Å². The molecule has 0 aromatic carbocycles. The monoisotopic (exact) mass is 207 g/mol. The summed E-state index contributed by atoms with van der Waals surface area (Å²) in [6.07, 6.45) is 1.88. The Balaban J connectivity index is 3.15. The first-order valence-corrected chi connectivity index (χ1v) is 6.05. The second-order valence-electron chi connectivity index (χ2n) is 3.23. The predicted octanol–water partition coefficient (Wildman–Crippen LogP) is 0.725. The third-order valence-corrected chi connectivity index (χ3v) is 2.10. The van der Waals surface area contributed by atoms with Gasteiger partial charge in [-0.1, -0.05) is 0 Å². The number of hydrogen-bond donors (Lipinski definition) is 2. The van der Waals surface area contributed by atoms with Crippen molar-refractivity contribution in [3.8, 4) is 0 Å². The Kier molecular flexibility index (Phi) is 8.97. The van der Waals surface area contributed by atoms with Gasteiger partial charge >= 0.3 is 0 Å². The summed E-state index contributed by atoms with van der Waals surface area (Å²) in [6, 6.07) is 0. The highest BCUT2D eigenvalue weighted by molar-refractivity contribution is 7.98. The van der Waals surface area contributed by atoms with E-state index in [-0.39, 0.29) is 12.2 Å². The molecular weight excluding hydrogens is 186 g/mol. The third-order valence-electron chi connectivity index (χ3n) is 1.48. The molecule has 0 rings (SSSR count). The zero-order valence-corrected chi connectivity index (χ0v) is 9.56. The molecule has 4 heteroatoms. The highest BCUT2D eigenvalue weighted by Crippen LogP contribution is 1.91. The fourth-order valence-electron chi connectivity index (χ4n) is 0.805. The smallest absolute Gasteiger partial charge is 0.0897 e. The van der Waals surface area contributed by atoms with Crippen molar-refractivity contribution in [3.05, 3.63) is 0 Å². The molecule has 80 valence electrons. The second-order valence-corrected chi connectivity index (χ2v) is 4.22. The van der Waals surface area contributed by atoms with E-state index in [9.17, 15) is 5.11 Å². The van der Waals surface area contributed by atoms with Crippen LogP contribution in [0.3, 0.4) is 0 Å². The van der Waals surface area contributed by atoms with Gasteiger partial charge in [0.2, 0.25) is 0 Å². The van der Waals surface area contributed by atoms with E-state index in [1.807, 2.05) is 13.8 Å². The maximum Gasteiger partial charge on any atom is 0.0897 e. The summed E-state index contributed by atoms with van der Waals surface area (Å²) < 4.78 is 5.27. The number of nitrogens with one attached hydrogen (secondary N) is 1. The average molecular weight is 207 g/mol. The van der Waals surface area contributed by atoms with Crippen LogP contribution in [0.2, 0.25) is 0 Å². The van der Waals surface area contributed by atoms with Crippen LogP contribution in [0.1, 0.15) is 13.8 Å². The Bertz CT molecular complexity index is 112. The second kappa shape index (κ2) is 8.81. The van der Waals surface area contributed by atoms with E-state index >= 15 is 0 Å². The molecule has 0 saturated carbocycles. The first-order chi connectivity index (χ1) is 6.16. The molecule has 0 aromatic rings. The first kappa shape index (κ1) is 13.2. The van der Waals surface area contributed by atoms with E-state index < -0.39 is 0 Å². The van der Waals surface area contributed by atoms with Crippen LogP contribution in [0.5, 0.6) is 0 Å². The first-order valence-electron chi connectivity index (χ1n) is 4.66. The van der Waals surface area contributed by atoms with Crippen molar-refractivity contribution in [2.24, 2.45) is 0 Å². The van der Waals surface area contributed by atoms with Crippen molar-refractivity contribution in [1.29, 1.82) is 0 Å². The van der Waals surface area contributed by atoms with E-state index in [1.54, 1.807) is 11.8 Å². The Morgan fingerprint density at radius 3 is 2.69 bits per heavy atom. The van der Waals surface area contributed by atoms with Gasteiger partial charge in [0.15, 0.2) is 0 Å². The van der Waals surface area contributed by atoms with E-state index in [2.05, 4.69) is 11.6 Å². The van der Waals surface area contributed by atoms with Gasteiger partial charge in [0.05, 0.1) is 18.8 Å². The minimum absolute atomic E-state index is 0.195. The summed E-state index contributed by atoms with van der Waals surface area (Å²) in [6.45, 7) is 5.92. The Morgan fingerprint density at radius 2 is 2.15 bits per heavy atom. The van der Waals surface area contributed by atoms with Crippen LogP contribution < -0.4 is 5.32 Å². The summed E-state index contributed by atoms with van der Waals surface area (Å²) in [4.78, 5) is 0. The van der Waals surface area contributed by atoms with Crippen LogP contribution in [-0.2, 0) is 4.74 Å². The molecule has 1 atom stereocenters. The van der Waals surface area contributed by atoms with Crippen LogP contribution in [0.4, 0.5) is 0 Å². The van der Waals surface area contributed by atoms with E-state index in [1.165, 1.54) is 0 Å². The Hall–Kier alpha value is 0.230. The van der Waals surface area contributed by atoms with Crippen LogP contribution in [-0.4, -0.2) is 49.0 Å². The van der Waals surface area contributed by atoms with E-state index in [0.717, 1.165) is 12.3 Å². The maximum absolute atomic E-state index is 9.40. The van der Waals surface area contributed by atoms with Crippen LogP contribution in [0.15, 0.2) is 0 Å². The maximum atomic E-state index is 9.40. The van der Waals surface area contributed by atoms with Crippen molar-refractivity contribution in [2.45, 2.75) is 26.1 Å². The van der Waals surface area contributed by atoms with Crippen molar-refractivity contribution in [1.82, 2.24) is 5.32 Å². The molecule has 3 nitrogen and oxygen atoms in total. The molecule has 0 aromatic heterocycles. The molecule has 0 fully saturated rings. The largest absolute Gasteiger partial charge is 0.389 e. The molecular formula is C9H21NO2S. The topological polar surface area (TPSA) is 41.5 Å². The molecule has 0 saturated heterocycles. The SMILES string of the molecule is CSCCNCC(O)COC(C)C. The van der Waals surface area contributed by atoms with Gasteiger partial charge in [0, 0.05) is 18.8 Å². The van der Waals surface area contributed by atoms with Crippen molar-refractivity contribution in [3.63, 3.8) is 0 Å². The molecule has 0 amide bonds. The third kappa shape index (κ3) is 10.1. The van der Waals surface area contributed by atoms with Gasteiger partial charge in [-0.15, -0.1) is 0 Å². The predicted molar refractivity (Wildman–Crippen MR) is 58.3 cm³/mol. The minimum atomic E-state index is -0.385.